The van der Waals surface area contributed by atoms with Crippen LogP contribution in [0, 0.1) is 11.3 Å². The lowest BCUT2D eigenvalue weighted by atomic mass is 10.1. The molecule has 0 aromatic heterocycles. The maximum atomic E-state index is 8.57. The molecule has 1 rings (SSSR count). The van der Waals surface area contributed by atoms with Crippen LogP contribution in [0.25, 0.3) is 0 Å². The minimum absolute atomic E-state index is 0.517. The van der Waals surface area contributed by atoms with Gasteiger partial charge in [-0.05, 0) is 5.56 Å². The van der Waals surface area contributed by atoms with E-state index in [1.165, 1.54) is 0 Å². The Morgan fingerprint density at radius 2 is 2.00 bits per heavy atom. The minimum Gasteiger partial charge on any atom is -0.284 e. The fraction of sp³-hybridized carbons (Fsp3) is 0.125. The first kappa shape index (κ1) is 8.25. The Kier molecular flexibility index (Phi) is 3.09. The van der Waals surface area contributed by atoms with Crippen molar-refractivity contribution in [1.29, 1.82) is 5.26 Å². The highest BCUT2D eigenvalue weighted by Gasteiger charge is 2.07. The smallest absolute Gasteiger partial charge is 0.183 e. The third kappa shape index (κ3) is 2.04. The van der Waals surface area contributed by atoms with E-state index in [1.807, 2.05) is 36.4 Å². The predicted octanol–water partition coefficient (Wildman–Crippen LogP) is 2.58. The molecule has 0 bridgehead atoms. The van der Waals surface area contributed by atoms with Crippen LogP contribution in [0.15, 0.2) is 30.3 Å². The van der Waals surface area contributed by atoms with Crippen LogP contribution in [-0.2, 0) is 3.83 Å². The summed E-state index contributed by atoms with van der Waals surface area (Å²) in [4.78, 5) is 0. The molecule has 11 heavy (non-hydrogen) atoms. The number of nitriles is 1. The predicted molar refractivity (Wildman–Crippen MR) is 44.8 cm³/mol. The van der Waals surface area contributed by atoms with Gasteiger partial charge in [0.1, 0.15) is 22.3 Å². The zero-order valence-electron chi connectivity index (χ0n) is 5.70. The van der Waals surface area contributed by atoms with Crippen molar-refractivity contribution in [2.75, 3.05) is 0 Å². The first-order valence-electron chi connectivity index (χ1n) is 3.10. The van der Waals surface area contributed by atoms with Crippen LogP contribution < -0.4 is 0 Å². The van der Waals surface area contributed by atoms with Gasteiger partial charge in [-0.15, -0.1) is 0 Å². The maximum absolute atomic E-state index is 8.57. The number of benzene rings is 1. The van der Waals surface area contributed by atoms with E-state index < -0.39 is 6.10 Å². The van der Waals surface area contributed by atoms with Crippen LogP contribution in [-0.4, -0.2) is 0 Å². The van der Waals surface area contributed by atoms with Gasteiger partial charge < -0.3 is 0 Å². The molecule has 1 atom stereocenters. The van der Waals surface area contributed by atoms with Crippen LogP contribution in [0.5, 0.6) is 0 Å². The van der Waals surface area contributed by atoms with E-state index in [0.29, 0.717) is 0 Å². The summed E-state index contributed by atoms with van der Waals surface area (Å²) >= 11 is 2.79. The number of hydrogen-bond donors (Lipinski definition) is 0. The summed E-state index contributed by atoms with van der Waals surface area (Å²) in [6, 6.07) is 11.3. The third-order valence-corrected chi connectivity index (χ3v) is 1.68. The Morgan fingerprint density at radius 1 is 1.36 bits per heavy atom. The van der Waals surface area contributed by atoms with E-state index in [9.17, 15) is 0 Å². The number of rotatable bonds is 2. The van der Waals surface area contributed by atoms with Gasteiger partial charge in [-0.25, -0.2) is 0 Å². The van der Waals surface area contributed by atoms with Crippen LogP contribution in [0.1, 0.15) is 11.7 Å². The number of hydrogen-bond acceptors (Lipinski definition) is 2. The minimum atomic E-state index is -0.517. The van der Waals surface area contributed by atoms with Gasteiger partial charge in [0.2, 0.25) is 0 Å². The SMILES string of the molecule is N#CC(OBr)c1ccccc1. The number of nitrogens with zero attached hydrogens (tertiary/aromatic N) is 1. The average Bonchev–Trinajstić information content (AvgIpc) is 2.09. The van der Waals surface area contributed by atoms with Crippen molar-refractivity contribution >= 4 is 16.3 Å². The molecule has 1 aromatic rings. The van der Waals surface area contributed by atoms with Crippen molar-refractivity contribution in [3.8, 4) is 6.07 Å². The summed E-state index contributed by atoms with van der Waals surface area (Å²) in [5.74, 6) is 0. The molecule has 1 aromatic carbocycles. The standard InChI is InChI=1S/C8H6BrNO/c9-11-8(6-10)7-4-2-1-3-5-7/h1-5,8H. The van der Waals surface area contributed by atoms with Gasteiger partial charge >= 0.3 is 0 Å². The van der Waals surface area contributed by atoms with E-state index in [2.05, 4.69) is 16.3 Å². The monoisotopic (exact) mass is 211 g/mol. The van der Waals surface area contributed by atoms with Crippen LogP contribution >= 0.6 is 16.3 Å². The fourth-order valence-electron chi connectivity index (χ4n) is 0.774. The second-order valence-electron chi connectivity index (χ2n) is 2.01. The highest BCUT2D eigenvalue weighted by molar-refractivity contribution is 9.06. The van der Waals surface area contributed by atoms with Gasteiger partial charge in [-0.3, -0.25) is 3.83 Å². The first-order chi connectivity index (χ1) is 5.38. The van der Waals surface area contributed by atoms with Gasteiger partial charge in [0, 0.05) is 0 Å². The Bertz CT molecular complexity index is 255. The number of halogens is 1. The molecular formula is C8H6BrNO. The summed E-state index contributed by atoms with van der Waals surface area (Å²) in [7, 11) is 0. The van der Waals surface area contributed by atoms with Crippen molar-refractivity contribution in [1.82, 2.24) is 0 Å². The van der Waals surface area contributed by atoms with Crippen LogP contribution in [0.2, 0.25) is 0 Å². The molecule has 0 saturated heterocycles. The van der Waals surface area contributed by atoms with E-state index in [-0.39, 0.29) is 0 Å². The van der Waals surface area contributed by atoms with Crippen LogP contribution in [0.3, 0.4) is 0 Å². The summed E-state index contributed by atoms with van der Waals surface area (Å²) in [5.41, 5.74) is 0.854. The Hall–Kier alpha value is -0.850. The fourth-order valence-corrected chi connectivity index (χ4v) is 1.07. The zero-order valence-corrected chi connectivity index (χ0v) is 7.28. The molecule has 56 valence electrons. The Morgan fingerprint density at radius 3 is 2.45 bits per heavy atom. The van der Waals surface area contributed by atoms with E-state index in [0.717, 1.165) is 5.56 Å². The molecule has 2 nitrogen and oxygen atoms in total. The van der Waals surface area contributed by atoms with E-state index >= 15 is 0 Å². The van der Waals surface area contributed by atoms with Crippen molar-refractivity contribution < 1.29 is 3.83 Å². The maximum Gasteiger partial charge on any atom is 0.183 e. The zero-order chi connectivity index (χ0) is 8.10. The summed E-state index contributed by atoms with van der Waals surface area (Å²) in [5, 5.41) is 8.57. The van der Waals surface area contributed by atoms with Crippen molar-refractivity contribution in [2.45, 2.75) is 6.10 Å². The molecule has 3 heteroatoms. The third-order valence-electron chi connectivity index (χ3n) is 1.31. The van der Waals surface area contributed by atoms with Gasteiger partial charge in [0.25, 0.3) is 0 Å². The van der Waals surface area contributed by atoms with Crippen LogP contribution in [0.4, 0.5) is 0 Å². The molecule has 0 heterocycles. The second kappa shape index (κ2) is 4.12. The molecule has 0 aliphatic heterocycles. The largest absolute Gasteiger partial charge is 0.284 e. The summed E-state index contributed by atoms with van der Waals surface area (Å²) < 4.78 is 4.74. The quantitative estimate of drug-likeness (QED) is 0.754. The highest BCUT2D eigenvalue weighted by atomic mass is 79.9. The van der Waals surface area contributed by atoms with Gasteiger partial charge in [-0.2, -0.15) is 5.26 Å². The second-order valence-corrected chi connectivity index (χ2v) is 2.38. The normalized spacial score (nSPS) is 12.0. The van der Waals surface area contributed by atoms with Gasteiger partial charge in [0.15, 0.2) is 6.10 Å². The molecule has 1 unspecified atom stereocenters. The van der Waals surface area contributed by atoms with Gasteiger partial charge in [-0.1, -0.05) is 30.3 Å². The first-order valence-corrected chi connectivity index (χ1v) is 3.75. The van der Waals surface area contributed by atoms with Crippen molar-refractivity contribution in [3.63, 3.8) is 0 Å². The molecule has 0 spiro atoms. The molecule has 0 radical (unpaired) electrons. The molecule has 0 fully saturated rings. The van der Waals surface area contributed by atoms with E-state index in [1.54, 1.807) is 0 Å². The molecular weight excluding hydrogens is 206 g/mol. The van der Waals surface area contributed by atoms with Crippen molar-refractivity contribution in [3.05, 3.63) is 35.9 Å². The molecule has 0 amide bonds. The van der Waals surface area contributed by atoms with Crippen molar-refractivity contribution in [2.24, 2.45) is 0 Å². The lowest BCUT2D eigenvalue weighted by molar-refractivity contribution is 0.334. The Balaban J connectivity index is 2.85. The highest BCUT2D eigenvalue weighted by Crippen LogP contribution is 2.17. The lowest BCUT2D eigenvalue weighted by Gasteiger charge is -2.02. The molecule has 0 aliphatic carbocycles. The topological polar surface area (TPSA) is 33.0 Å². The average molecular weight is 212 g/mol. The summed E-state index contributed by atoms with van der Waals surface area (Å²) in [6.07, 6.45) is -0.517. The molecule has 0 N–H and O–H groups in total. The Labute approximate surface area is 73.9 Å². The molecule has 0 aliphatic rings. The van der Waals surface area contributed by atoms with E-state index in [4.69, 9.17) is 9.09 Å². The summed E-state index contributed by atoms with van der Waals surface area (Å²) in [6.45, 7) is 0. The molecule has 0 saturated carbocycles. The lowest BCUT2D eigenvalue weighted by Crippen LogP contribution is -1.92. The van der Waals surface area contributed by atoms with Gasteiger partial charge in [0.05, 0.1) is 0 Å².